The molecule has 0 aliphatic rings. The predicted octanol–water partition coefficient (Wildman–Crippen LogP) is 6.33. The number of unbranched alkanes of at least 4 members (excludes halogenated alkanes) is 3. The van der Waals surface area contributed by atoms with Crippen molar-refractivity contribution in [3.05, 3.63) is 59.2 Å². The maximum atomic E-state index is 13.2. The first-order valence-electron chi connectivity index (χ1n) is 11.0. The molecule has 0 bridgehead atoms. The molecule has 0 fully saturated rings. The van der Waals surface area contributed by atoms with Gasteiger partial charge in [0.25, 0.3) is 0 Å². The molecule has 0 aromatic heterocycles. The molecule has 2 N–H and O–H groups in total. The minimum Gasteiger partial charge on any atom is -0.487 e. The summed E-state index contributed by atoms with van der Waals surface area (Å²) in [5.74, 6) is -0.926. The summed E-state index contributed by atoms with van der Waals surface area (Å²) in [5, 5.41) is 8.96. The second kappa shape index (κ2) is 12.1. The standard InChI is InChI=1S/C24H30F3NO5S/c1-17(2)7-5-3-4-6-14-34(31,32)28-21-13-12-20(24(25,26)27)15-22(21)33-16-18-8-10-19(11-9-18)23(29)30/h8-13,15,17,28H,3-7,14,16H2,1-2H3,(H,29,30). The van der Waals surface area contributed by atoms with Crippen LogP contribution < -0.4 is 9.46 Å². The van der Waals surface area contributed by atoms with Crippen molar-refractivity contribution in [1.29, 1.82) is 0 Å². The van der Waals surface area contributed by atoms with E-state index in [-0.39, 0.29) is 29.4 Å². The quantitative estimate of drug-likeness (QED) is 0.313. The van der Waals surface area contributed by atoms with Crippen LogP contribution in [0.3, 0.4) is 0 Å². The van der Waals surface area contributed by atoms with Crippen LogP contribution in [0.2, 0.25) is 0 Å². The van der Waals surface area contributed by atoms with Crippen molar-refractivity contribution in [3.63, 3.8) is 0 Å². The number of hydrogen-bond donors (Lipinski definition) is 2. The molecule has 6 nitrogen and oxygen atoms in total. The molecule has 0 aliphatic heterocycles. The summed E-state index contributed by atoms with van der Waals surface area (Å²) < 4.78 is 72.4. The van der Waals surface area contributed by atoms with Crippen LogP contribution in [-0.2, 0) is 22.8 Å². The van der Waals surface area contributed by atoms with E-state index in [2.05, 4.69) is 18.6 Å². The number of alkyl halides is 3. The molecule has 0 saturated heterocycles. The van der Waals surface area contributed by atoms with Gasteiger partial charge in [0.2, 0.25) is 10.0 Å². The maximum Gasteiger partial charge on any atom is 0.416 e. The number of sulfonamides is 1. The lowest BCUT2D eigenvalue weighted by molar-refractivity contribution is -0.137. The molecule has 0 spiro atoms. The van der Waals surface area contributed by atoms with E-state index in [1.54, 1.807) is 0 Å². The third-order valence-electron chi connectivity index (χ3n) is 5.11. The van der Waals surface area contributed by atoms with Crippen LogP contribution in [0.15, 0.2) is 42.5 Å². The average Bonchev–Trinajstić information content (AvgIpc) is 2.74. The van der Waals surface area contributed by atoms with Crippen molar-refractivity contribution in [2.45, 2.75) is 58.7 Å². The average molecular weight is 502 g/mol. The number of benzene rings is 2. The Morgan fingerprint density at radius 2 is 1.68 bits per heavy atom. The predicted molar refractivity (Wildman–Crippen MR) is 125 cm³/mol. The highest BCUT2D eigenvalue weighted by atomic mass is 32.2. The fourth-order valence-corrected chi connectivity index (χ4v) is 4.41. The zero-order valence-electron chi connectivity index (χ0n) is 19.2. The van der Waals surface area contributed by atoms with E-state index in [9.17, 15) is 26.4 Å². The molecule has 2 aromatic carbocycles. The van der Waals surface area contributed by atoms with E-state index in [0.29, 0.717) is 17.9 Å². The number of carbonyl (C=O) groups is 1. The fraction of sp³-hybridized carbons (Fsp3) is 0.458. The van der Waals surface area contributed by atoms with E-state index in [4.69, 9.17) is 9.84 Å². The highest BCUT2D eigenvalue weighted by Crippen LogP contribution is 2.36. The molecule has 0 amide bonds. The van der Waals surface area contributed by atoms with Gasteiger partial charge in [-0.15, -0.1) is 0 Å². The second-order valence-corrected chi connectivity index (χ2v) is 10.4. The van der Waals surface area contributed by atoms with E-state index in [0.717, 1.165) is 43.9 Å². The smallest absolute Gasteiger partial charge is 0.416 e. The Labute approximate surface area is 198 Å². The molecule has 0 saturated carbocycles. The van der Waals surface area contributed by atoms with Crippen molar-refractivity contribution in [1.82, 2.24) is 0 Å². The van der Waals surface area contributed by atoms with Gasteiger partial charge >= 0.3 is 12.1 Å². The van der Waals surface area contributed by atoms with E-state index in [1.165, 1.54) is 24.3 Å². The van der Waals surface area contributed by atoms with Gasteiger partial charge in [-0.2, -0.15) is 13.2 Å². The number of rotatable bonds is 13. The van der Waals surface area contributed by atoms with Gasteiger partial charge in [-0.05, 0) is 48.2 Å². The molecule has 188 valence electrons. The van der Waals surface area contributed by atoms with Crippen molar-refractivity contribution in [2.24, 2.45) is 5.92 Å². The lowest BCUT2D eigenvalue weighted by atomic mass is 10.0. The first kappa shape index (κ1) is 27.5. The van der Waals surface area contributed by atoms with Gasteiger partial charge in [0.1, 0.15) is 12.4 Å². The van der Waals surface area contributed by atoms with Gasteiger partial charge in [-0.1, -0.05) is 51.7 Å². The number of aromatic carboxylic acids is 1. The van der Waals surface area contributed by atoms with E-state index < -0.39 is 27.7 Å². The second-order valence-electron chi connectivity index (χ2n) is 8.52. The lowest BCUT2D eigenvalue weighted by Gasteiger charge is -2.16. The highest BCUT2D eigenvalue weighted by Gasteiger charge is 2.31. The summed E-state index contributed by atoms with van der Waals surface area (Å²) in [6, 6.07) is 8.20. The van der Waals surface area contributed by atoms with Crippen LogP contribution in [0.5, 0.6) is 5.75 Å². The number of carboxylic acid groups (broad SMARTS) is 1. The van der Waals surface area contributed by atoms with Gasteiger partial charge in [-0.25, -0.2) is 13.2 Å². The minimum atomic E-state index is -4.63. The SMILES string of the molecule is CC(C)CCCCCCS(=O)(=O)Nc1ccc(C(F)(F)F)cc1OCc1ccc(C(=O)O)cc1. The van der Waals surface area contributed by atoms with Gasteiger partial charge in [0.15, 0.2) is 0 Å². The molecule has 10 heteroatoms. The van der Waals surface area contributed by atoms with Crippen molar-refractivity contribution < 1.29 is 36.2 Å². The summed E-state index contributed by atoms with van der Waals surface area (Å²) in [5.41, 5.74) is -0.495. The van der Waals surface area contributed by atoms with Gasteiger partial charge < -0.3 is 9.84 Å². The van der Waals surface area contributed by atoms with Crippen LogP contribution in [0.4, 0.5) is 18.9 Å². The minimum absolute atomic E-state index is 0.0560. The molecule has 0 heterocycles. The van der Waals surface area contributed by atoms with Gasteiger partial charge in [0.05, 0.1) is 22.6 Å². The maximum absolute atomic E-state index is 13.2. The topological polar surface area (TPSA) is 92.7 Å². The summed E-state index contributed by atoms with van der Waals surface area (Å²) >= 11 is 0. The van der Waals surface area contributed by atoms with Crippen molar-refractivity contribution in [3.8, 4) is 5.75 Å². The molecule has 2 aromatic rings. The van der Waals surface area contributed by atoms with Crippen LogP contribution in [-0.4, -0.2) is 25.2 Å². The third-order valence-corrected chi connectivity index (χ3v) is 6.47. The lowest BCUT2D eigenvalue weighted by Crippen LogP contribution is -2.18. The molecule has 0 aliphatic carbocycles. The monoisotopic (exact) mass is 501 g/mol. The van der Waals surface area contributed by atoms with Crippen molar-refractivity contribution >= 4 is 21.7 Å². The zero-order valence-corrected chi connectivity index (χ0v) is 20.0. The summed E-state index contributed by atoms with van der Waals surface area (Å²) in [6.07, 6.45) is -0.417. The Balaban J connectivity index is 2.09. The third kappa shape index (κ3) is 9.24. The molecular weight excluding hydrogens is 471 g/mol. The Hall–Kier alpha value is -2.75. The first-order chi connectivity index (χ1) is 15.9. The molecule has 0 atom stereocenters. The number of ether oxygens (including phenoxy) is 1. The molecular formula is C24H30F3NO5S. The number of anilines is 1. The fourth-order valence-electron chi connectivity index (χ4n) is 3.22. The highest BCUT2D eigenvalue weighted by molar-refractivity contribution is 7.92. The first-order valence-corrected chi connectivity index (χ1v) is 12.7. The number of carboxylic acids is 1. The van der Waals surface area contributed by atoms with Crippen LogP contribution in [0.25, 0.3) is 0 Å². The number of halogens is 3. The normalized spacial score (nSPS) is 12.1. The summed E-state index contributed by atoms with van der Waals surface area (Å²) in [4.78, 5) is 11.0. The van der Waals surface area contributed by atoms with Gasteiger partial charge in [0, 0.05) is 0 Å². The Kier molecular flexibility index (Phi) is 9.78. The summed E-state index contributed by atoms with van der Waals surface area (Å²) in [6.45, 7) is 4.08. The Bertz CT molecular complexity index is 1050. The molecule has 0 unspecified atom stereocenters. The Morgan fingerprint density at radius 1 is 1.03 bits per heavy atom. The van der Waals surface area contributed by atoms with Gasteiger partial charge in [-0.3, -0.25) is 4.72 Å². The number of hydrogen-bond acceptors (Lipinski definition) is 4. The molecule has 0 radical (unpaired) electrons. The van der Waals surface area contributed by atoms with Crippen LogP contribution in [0, 0.1) is 5.92 Å². The van der Waals surface area contributed by atoms with E-state index >= 15 is 0 Å². The molecule has 34 heavy (non-hydrogen) atoms. The van der Waals surface area contributed by atoms with Crippen LogP contribution >= 0.6 is 0 Å². The largest absolute Gasteiger partial charge is 0.487 e. The Morgan fingerprint density at radius 3 is 2.26 bits per heavy atom. The van der Waals surface area contributed by atoms with Crippen molar-refractivity contribution in [2.75, 3.05) is 10.5 Å². The number of nitrogens with one attached hydrogen (secondary N) is 1. The zero-order chi connectivity index (χ0) is 25.4. The summed E-state index contributed by atoms with van der Waals surface area (Å²) in [7, 11) is -3.78. The van der Waals surface area contributed by atoms with Crippen LogP contribution in [0.1, 0.15) is 67.4 Å². The van der Waals surface area contributed by atoms with E-state index in [1.807, 2.05) is 0 Å². The molecule has 2 rings (SSSR count).